The molecule has 0 saturated carbocycles. The van der Waals surface area contributed by atoms with Crippen LogP contribution in [0.3, 0.4) is 0 Å². The number of rotatable bonds is 6. The third-order valence-electron chi connectivity index (χ3n) is 1.97. The largest absolute Gasteiger partial charge is 0.383 e. The van der Waals surface area contributed by atoms with Gasteiger partial charge in [0.05, 0.1) is 12.6 Å². The van der Waals surface area contributed by atoms with Crippen LogP contribution in [-0.2, 0) is 9.53 Å². The van der Waals surface area contributed by atoms with Gasteiger partial charge in [0.1, 0.15) is 12.1 Å². The van der Waals surface area contributed by atoms with Crippen molar-refractivity contribution in [3.8, 4) is 0 Å². The number of hydrogen-bond acceptors (Lipinski definition) is 3. The molecule has 84 valence electrons. The van der Waals surface area contributed by atoms with Crippen LogP contribution in [0.1, 0.15) is 20.3 Å². The van der Waals surface area contributed by atoms with E-state index in [1.54, 1.807) is 14.0 Å². The molecule has 0 aromatic heterocycles. The second kappa shape index (κ2) is 7.04. The number of ether oxygens (including phenoxy) is 1. The van der Waals surface area contributed by atoms with E-state index in [0.717, 1.165) is 0 Å². The van der Waals surface area contributed by atoms with Gasteiger partial charge in [0, 0.05) is 7.11 Å². The molecule has 4 nitrogen and oxygen atoms in total. The molecule has 0 rings (SSSR count). The zero-order chi connectivity index (χ0) is 11.1. The molecular weight excluding hydrogens is 206 g/mol. The highest BCUT2D eigenvalue weighted by Gasteiger charge is 2.24. The fraction of sp³-hybridized carbons (Fsp3) is 0.889. The van der Waals surface area contributed by atoms with E-state index < -0.39 is 6.23 Å². The van der Waals surface area contributed by atoms with Gasteiger partial charge in [0.15, 0.2) is 0 Å². The van der Waals surface area contributed by atoms with Gasteiger partial charge in [-0.05, 0) is 13.3 Å². The summed E-state index contributed by atoms with van der Waals surface area (Å²) in [6.07, 6.45) is -0.303. The van der Waals surface area contributed by atoms with E-state index in [-0.39, 0.29) is 17.8 Å². The number of carbonyl (C=O) groups is 1. The molecule has 1 amide bonds. The zero-order valence-corrected chi connectivity index (χ0v) is 9.62. The van der Waals surface area contributed by atoms with Crippen LogP contribution in [0.2, 0.25) is 0 Å². The third-order valence-corrected chi connectivity index (χ3v) is 2.20. The minimum Gasteiger partial charge on any atom is -0.383 e. The summed E-state index contributed by atoms with van der Waals surface area (Å²) in [6, 6.07) is -0.166. The highest BCUT2D eigenvalue weighted by molar-refractivity contribution is 6.27. The summed E-state index contributed by atoms with van der Waals surface area (Å²) in [5.41, 5.74) is 0. The van der Waals surface area contributed by atoms with Gasteiger partial charge in [-0.2, -0.15) is 0 Å². The lowest BCUT2D eigenvalue weighted by atomic mass is 10.2. The Hall–Kier alpha value is -0.320. The lowest BCUT2D eigenvalue weighted by molar-refractivity contribution is -0.144. The van der Waals surface area contributed by atoms with Crippen molar-refractivity contribution in [2.45, 2.75) is 32.5 Å². The number of nitrogens with zero attached hydrogens (tertiary/aromatic N) is 1. The topological polar surface area (TPSA) is 49.8 Å². The van der Waals surface area contributed by atoms with Gasteiger partial charge < -0.3 is 14.7 Å². The summed E-state index contributed by atoms with van der Waals surface area (Å²) in [5.74, 6) is -0.393. The molecule has 0 aliphatic rings. The predicted molar refractivity (Wildman–Crippen MR) is 55.2 cm³/mol. The van der Waals surface area contributed by atoms with Crippen LogP contribution in [-0.4, -0.2) is 47.8 Å². The number of amides is 1. The molecule has 5 heteroatoms. The summed E-state index contributed by atoms with van der Waals surface area (Å²) in [7, 11) is 1.55. The maximum atomic E-state index is 11.4. The normalized spacial score (nSPS) is 14.9. The van der Waals surface area contributed by atoms with Gasteiger partial charge in [-0.1, -0.05) is 6.92 Å². The van der Waals surface area contributed by atoms with Gasteiger partial charge in [-0.25, -0.2) is 0 Å². The van der Waals surface area contributed by atoms with Gasteiger partial charge in [0.25, 0.3) is 0 Å². The van der Waals surface area contributed by atoms with E-state index in [9.17, 15) is 9.90 Å². The molecule has 0 aliphatic carbocycles. The van der Waals surface area contributed by atoms with Gasteiger partial charge in [-0.3, -0.25) is 4.79 Å². The van der Waals surface area contributed by atoms with Crippen LogP contribution in [0.5, 0.6) is 0 Å². The van der Waals surface area contributed by atoms with E-state index in [0.29, 0.717) is 13.0 Å². The Morgan fingerprint density at radius 2 is 2.21 bits per heavy atom. The fourth-order valence-electron chi connectivity index (χ4n) is 1.29. The van der Waals surface area contributed by atoms with Crippen molar-refractivity contribution in [2.24, 2.45) is 0 Å². The van der Waals surface area contributed by atoms with Crippen LogP contribution < -0.4 is 0 Å². The monoisotopic (exact) mass is 223 g/mol. The number of hydrogen-bond donors (Lipinski definition) is 1. The van der Waals surface area contributed by atoms with E-state index in [2.05, 4.69) is 0 Å². The lowest BCUT2D eigenvalue weighted by Gasteiger charge is -2.32. The molecular formula is C9H18ClNO3. The van der Waals surface area contributed by atoms with E-state index in [1.807, 2.05) is 6.92 Å². The number of halogens is 1. The average Bonchev–Trinajstić information content (AvgIpc) is 2.17. The molecule has 0 bridgehead atoms. The quantitative estimate of drug-likeness (QED) is 0.536. The van der Waals surface area contributed by atoms with Crippen LogP contribution in [0.4, 0.5) is 0 Å². The number of aliphatic hydroxyl groups excluding tert-OH is 1. The molecule has 0 saturated heterocycles. The van der Waals surface area contributed by atoms with Crippen molar-refractivity contribution in [2.75, 3.05) is 19.6 Å². The molecule has 0 fully saturated rings. The van der Waals surface area contributed by atoms with Crippen molar-refractivity contribution in [1.82, 2.24) is 4.90 Å². The Morgan fingerprint density at radius 1 is 1.64 bits per heavy atom. The highest BCUT2D eigenvalue weighted by Crippen LogP contribution is 2.08. The molecule has 14 heavy (non-hydrogen) atoms. The maximum Gasteiger partial charge on any atom is 0.239 e. The average molecular weight is 224 g/mol. The molecule has 1 N–H and O–H groups in total. The standard InChI is InChI=1S/C9H18ClNO3/c1-4-8(12)11(9(13)5-10)7(2)6-14-3/h7-8,12H,4-6H2,1-3H3. The van der Waals surface area contributed by atoms with Crippen LogP contribution in [0, 0.1) is 0 Å². The first-order chi connectivity index (χ1) is 6.58. The molecule has 0 aromatic carbocycles. The van der Waals surface area contributed by atoms with Crippen LogP contribution in [0.15, 0.2) is 0 Å². The predicted octanol–water partition coefficient (Wildman–Crippen LogP) is 0.817. The molecule has 0 heterocycles. The van der Waals surface area contributed by atoms with E-state index in [1.165, 1.54) is 4.90 Å². The highest BCUT2D eigenvalue weighted by atomic mass is 35.5. The molecule has 2 atom stereocenters. The summed E-state index contributed by atoms with van der Waals surface area (Å²) in [5, 5.41) is 9.61. The molecule has 2 unspecified atom stereocenters. The van der Waals surface area contributed by atoms with E-state index in [4.69, 9.17) is 16.3 Å². The maximum absolute atomic E-state index is 11.4. The summed E-state index contributed by atoms with van der Waals surface area (Å²) >= 11 is 5.45. The number of carbonyl (C=O) groups excluding carboxylic acids is 1. The minimum absolute atomic E-state index is 0.120. The Balaban J connectivity index is 4.45. The number of aliphatic hydroxyl groups is 1. The van der Waals surface area contributed by atoms with Crippen molar-refractivity contribution in [3.63, 3.8) is 0 Å². The molecule has 0 radical (unpaired) electrons. The van der Waals surface area contributed by atoms with E-state index >= 15 is 0 Å². The number of methoxy groups -OCH3 is 1. The Morgan fingerprint density at radius 3 is 2.57 bits per heavy atom. The second-order valence-electron chi connectivity index (χ2n) is 3.13. The van der Waals surface area contributed by atoms with Crippen LogP contribution >= 0.6 is 11.6 Å². The molecule has 0 aromatic rings. The van der Waals surface area contributed by atoms with Gasteiger partial charge in [-0.15, -0.1) is 11.6 Å². The lowest BCUT2D eigenvalue weighted by Crippen LogP contribution is -2.48. The molecule has 0 aliphatic heterocycles. The van der Waals surface area contributed by atoms with Crippen LogP contribution in [0.25, 0.3) is 0 Å². The zero-order valence-electron chi connectivity index (χ0n) is 8.86. The van der Waals surface area contributed by atoms with Crippen molar-refractivity contribution < 1.29 is 14.6 Å². The first-order valence-corrected chi connectivity index (χ1v) is 5.16. The first kappa shape index (κ1) is 13.7. The Bertz CT molecular complexity index is 177. The van der Waals surface area contributed by atoms with Crippen molar-refractivity contribution >= 4 is 17.5 Å². The minimum atomic E-state index is -0.786. The SMILES string of the molecule is CCC(O)N(C(=O)CCl)C(C)COC. The summed E-state index contributed by atoms with van der Waals surface area (Å²) in [6.45, 7) is 4.01. The van der Waals surface area contributed by atoms with Gasteiger partial charge >= 0.3 is 0 Å². The number of alkyl halides is 1. The fourth-order valence-corrected chi connectivity index (χ4v) is 1.43. The first-order valence-electron chi connectivity index (χ1n) is 4.62. The van der Waals surface area contributed by atoms with Crippen molar-refractivity contribution in [3.05, 3.63) is 0 Å². The van der Waals surface area contributed by atoms with Gasteiger partial charge in [0.2, 0.25) is 5.91 Å². The summed E-state index contributed by atoms with van der Waals surface area (Å²) < 4.78 is 4.93. The second-order valence-corrected chi connectivity index (χ2v) is 3.40. The smallest absolute Gasteiger partial charge is 0.239 e. The third kappa shape index (κ3) is 3.82. The van der Waals surface area contributed by atoms with Crippen molar-refractivity contribution in [1.29, 1.82) is 0 Å². The molecule has 0 spiro atoms. The Labute approximate surface area is 89.8 Å². The Kier molecular flexibility index (Phi) is 6.87. The summed E-state index contributed by atoms with van der Waals surface area (Å²) in [4.78, 5) is 12.8.